The number of nitrogens with zero attached hydrogens (tertiary/aromatic N) is 3. The molecule has 1 aromatic heterocycles. The highest BCUT2D eigenvalue weighted by Gasteiger charge is 2.22. The third-order valence-corrected chi connectivity index (χ3v) is 3.76. The Hall–Kier alpha value is -2.95. The van der Waals surface area contributed by atoms with E-state index < -0.39 is 5.97 Å². The molecule has 0 aliphatic rings. The smallest absolute Gasteiger partial charge is 0.358 e. The molecule has 0 aliphatic carbocycles. The number of hydrogen-bond donors (Lipinski definition) is 1. The lowest BCUT2D eigenvalue weighted by Gasteiger charge is -2.11. The Kier molecular flexibility index (Phi) is 3.70. The molecule has 0 unspecified atom stereocenters. The average molecular weight is 307 g/mol. The fourth-order valence-corrected chi connectivity index (χ4v) is 2.59. The molecule has 0 radical (unpaired) electrons. The topological polar surface area (TPSA) is 68.0 Å². The molecule has 0 atom stereocenters. The summed E-state index contributed by atoms with van der Waals surface area (Å²) in [5.41, 5.74) is 5.20. The second-order valence-electron chi connectivity index (χ2n) is 5.66. The molecule has 5 heteroatoms. The molecule has 0 saturated heterocycles. The van der Waals surface area contributed by atoms with Crippen molar-refractivity contribution in [1.29, 1.82) is 0 Å². The van der Waals surface area contributed by atoms with Gasteiger partial charge in [0.2, 0.25) is 0 Å². The number of carboxylic acid groups (broad SMARTS) is 1. The summed E-state index contributed by atoms with van der Waals surface area (Å²) < 4.78 is 1.61. The molecule has 3 aromatic rings. The first-order valence-corrected chi connectivity index (χ1v) is 7.31. The lowest BCUT2D eigenvalue weighted by Crippen LogP contribution is -2.05. The molecule has 5 nitrogen and oxygen atoms in total. The Labute approximate surface area is 134 Å². The second-order valence-corrected chi connectivity index (χ2v) is 5.66. The summed E-state index contributed by atoms with van der Waals surface area (Å²) in [6, 6.07) is 13.7. The van der Waals surface area contributed by atoms with E-state index in [-0.39, 0.29) is 5.69 Å². The zero-order valence-electron chi connectivity index (χ0n) is 13.2. The molecular weight excluding hydrogens is 290 g/mol. The van der Waals surface area contributed by atoms with Gasteiger partial charge in [-0.15, -0.1) is 5.10 Å². The number of aryl methyl sites for hydroxylation is 3. The Bertz CT molecular complexity index is 897. The number of rotatable bonds is 3. The number of aromatic carboxylic acids is 1. The van der Waals surface area contributed by atoms with Crippen LogP contribution < -0.4 is 0 Å². The van der Waals surface area contributed by atoms with Crippen molar-refractivity contribution < 1.29 is 9.90 Å². The maximum atomic E-state index is 11.6. The van der Waals surface area contributed by atoms with Gasteiger partial charge >= 0.3 is 5.97 Å². The van der Waals surface area contributed by atoms with Crippen molar-refractivity contribution in [3.63, 3.8) is 0 Å². The van der Waals surface area contributed by atoms with Crippen LogP contribution >= 0.6 is 0 Å². The normalized spacial score (nSPS) is 10.7. The van der Waals surface area contributed by atoms with Crippen LogP contribution in [-0.4, -0.2) is 26.1 Å². The molecule has 0 bridgehead atoms. The second kappa shape index (κ2) is 5.68. The summed E-state index contributed by atoms with van der Waals surface area (Å²) in [7, 11) is 0. The zero-order chi connectivity index (χ0) is 16.6. The van der Waals surface area contributed by atoms with Gasteiger partial charge in [0.05, 0.1) is 5.69 Å². The summed E-state index contributed by atoms with van der Waals surface area (Å²) in [5.74, 6) is -1.09. The Morgan fingerprint density at radius 3 is 2.48 bits per heavy atom. The fourth-order valence-electron chi connectivity index (χ4n) is 2.59. The molecule has 0 fully saturated rings. The molecule has 116 valence electrons. The van der Waals surface area contributed by atoms with Crippen molar-refractivity contribution in [3.8, 4) is 16.9 Å². The fraction of sp³-hybridized carbons (Fsp3) is 0.167. The minimum atomic E-state index is -1.09. The van der Waals surface area contributed by atoms with Crippen LogP contribution in [0.4, 0.5) is 0 Å². The summed E-state index contributed by atoms with van der Waals surface area (Å²) in [6.07, 6.45) is 0. The van der Waals surface area contributed by atoms with Crippen LogP contribution in [0, 0.1) is 20.8 Å². The zero-order valence-corrected chi connectivity index (χ0v) is 13.2. The largest absolute Gasteiger partial charge is 0.476 e. The first kappa shape index (κ1) is 15.0. The van der Waals surface area contributed by atoms with Gasteiger partial charge in [-0.2, -0.15) is 0 Å². The molecule has 0 amide bonds. The van der Waals surface area contributed by atoms with E-state index in [1.807, 2.05) is 63.2 Å². The number of carbonyl (C=O) groups is 1. The highest BCUT2D eigenvalue weighted by molar-refractivity contribution is 5.93. The first-order valence-electron chi connectivity index (χ1n) is 7.31. The van der Waals surface area contributed by atoms with Crippen molar-refractivity contribution in [2.24, 2.45) is 0 Å². The maximum Gasteiger partial charge on any atom is 0.358 e. The van der Waals surface area contributed by atoms with Gasteiger partial charge in [0.1, 0.15) is 5.69 Å². The van der Waals surface area contributed by atoms with Gasteiger partial charge in [-0.1, -0.05) is 41.1 Å². The van der Waals surface area contributed by atoms with E-state index in [0.29, 0.717) is 5.69 Å². The van der Waals surface area contributed by atoms with Crippen molar-refractivity contribution in [3.05, 3.63) is 64.8 Å². The van der Waals surface area contributed by atoms with Crippen LogP contribution in [0.15, 0.2) is 42.5 Å². The average Bonchev–Trinajstić information content (AvgIpc) is 2.94. The molecule has 23 heavy (non-hydrogen) atoms. The molecule has 0 spiro atoms. The SMILES string of the molecule is Cc1cccc(-c2c(C(=O)O)nnn2-c2cc(C)ccc2C)c1. The van der Waals surface area contributed by atoms with Crippen molar-refractivity contribution in [1.82, 2.24) is 15.0 Å². The molecule has 3 rings (SSSR count). The Morgan fingerprint density at radius 1 is 1.04 bits per heavy atom. The lowest BCUT2D eigenvalue weighted by atomic mass is 10.1. The predicted molar refractivity (Wildman–Crippen MR) is 88.0 cm³/mol. The van der Waals surface area contributed by atoms with E-state index >= 15 is 0 Å². The number of hydrogen-bond acceptors (Lipinski definition) is 3. The molecule has 2 aromatic carbocycles. The van der Waals surface area contributed by atoms with Crippen molar-refractivity contribution in [2.75, 3.05) is 0 Å². The van der Waals surface area contributed by atoms with Crippen LogP contribution in [0.2, 0.25) is 0 Å². The third-order valence-electron chi connectivity index (χ3n) is 3.76. The molecule has 1 heterocycles. The highest BCUT2D eigenvalue weighted by atomic mass is 16.4. The number of carboxylic acids is 1. The van der Waals surface area contributed by atoms with Gasteiger partial charge in [0.25, 0.3) is 0 Å². The van der Waals surface area contributed by atoms with Crippen LogP contribution in [-0.2, 0) is 0 Å². The highest BCUT2D eigenvalue weighted by Crippen LogP contribution is 2.27. The standard InChI is InChI=1S/C18H17N3O2/c1-11-5-4-6-14(9-11)17-16(18(22)23)19-20-21(17)15-10-12(2)7-8-13(15)3/h4-10H,1-3H3,(H,22,23). The van der Waals surface area contributed by atoms with Gasteiger partial charge in [0, 0.05) is 5.56 Å². The van der Waals surface area contributed by atoms with Crippen molar-refractivity contribution >= 4 is 5.97 Å². The van der Waals surface area contributed by atoms with Crippen LogP contribution in [0.25, 0.3) is 16.9 Å². The van der Waals surface area contributed by atoms with Gasteiger partial charge in [-0.25, -0.2) is 9.48 Å². The van der Waals surface area contributed by atoms with Crippen LogP contribution in [0.1, 0.15) is 27.2 Å². The van der Waals surface area contributed by atoms with E-state index in [1.54, 1.807) is 4.68 Å². The van der Waals surface area contributed by atoms with Crippen molar-refractivity contribution in [2.45, 2.75) is 20.8 Å². The summed E-state index contributed by atoms with van der Waals surface area (Å²) in [5, 5.41) is 17.4. The van der Waals surface area contributed by atoms with E-state index in [4.69, 9.17) is 0 Å². The Morgan fingerprint density at radius 2 is 1.78 bits per heavy atom. The maximum absolute atomic E-state index is 11.6. The molecular formula is C18H17N3O2. The monoisotopic (exact) mass is 307 g/mol. The minimum absolute atomic E-state index is 0.0449. The number of aromatic nitrogens is 3. The van der Waals surface area contributed by atoms with Gasteiger partial charge in [-0.3, -0.25) is 0 Å². The van der Waals surface area contributed by atoms with Crippen LogP contribution in [0.5, 0.6) is 0 Å². The summed E-state index contributed by atoms with van der Waals surface area (Å²) in [6.45, 7) is 5.93. The predicted octanol–water partition coefficient (Wildman–Crippen LogP) is 3.56. The van der Waals surface area contributed by atoms with Gasteiger partial charge in [0.15, 0.2) is 5.69 Å². The van der Waals surface area contributed by atoms with E-state index in [0.717, 1.165) is 27.9 Å². The summed E-state index contributed by atoms with van der Waals surface area (Å²) in [4.78, 5) is 11.6. The minimum Gasteiger partial charge on any atom is -0.476 e. The van der Waals surface area contributed by atoms with E-state index in [1.165, 1.54) is 0 Å². The van der Waals surface area contributed by atoms with Gasteiger partial charge in [-0.05, 0) is 44.0 Å². The van der Waals surface area contributed by atoms with Crippen LogP contribution in [0.3, 0.4) is 0 Å². The lowest BCUT2D eigenvalue weighted by molar-refractivity contribution is 0.0691. The third kappa shape index (κ3) is 2.73. The van der Waals surface area contributed by atoms with E-state index in [9.17, 15) is 9.90 Å². The quantitative estimate of drug-likeness (QED) is 0.803. The molecule has 0 aliphatic heterocycles. The summed E-state index contributed by atoms with van der Waals surface area (Å²) >= 11 is 0. The number of benzene rings is 2. The molecule has 0 saturated carbocycles. The molecule has 1 N–H and O–H groups in total. The Balaban J connectivity index is 2.31. The van der Waals surface area contributed by atoms with Gasteiger partial charge < -0.3 is 5.11 Å². The van der Waals surface area contributed by atoms with E-state index in [2.05, 4.69) is 10.3 Å². The first-order chi connectivity index (χ1) is 11.0.